The van der Waals surface area contributed by atoms with Gasteiger partial charge in [-0.05, 0) is 55.5 Å². The molecule has 1 aliphatic heterocycles. The van der Waals surface area contributed by atoms with Gasteiger partial charge in [0.15, 0.2) is 0 Å². The van der Waals surface area contributed by atoms with Crippen molar-refractivity contribution in [3.05, 3.63) is 72.8 Å². The number of carbonyl (C=O) groups is 2. The van der Waals surface area contributed by atoms with Gasteiger partial charge in [-0.25, -0.2) is 4.98 Å². The van der Waals surface area contributed by atoms with Crippen molar-refractivity contribution in [3.8, 4) is 10.6 Å². The lowest BCUT2D eigenvalue weighted by molar-refractivity contribution is -0.122. The normalized spacial score (nSPS) is 14.1. The summed E-state index contributed by atoms with van der Waals surface area (Å²) in [5.74, 6) is -0.350. The topological polar surface area (TPSA) is 74.3 Å². The third kappa shape index (κ3) is 3.75. The Morgan fingerprint density at radius 1 is 1.06 bits per heavy atom. The fraction of sp³-hybridized carbons (Fsp3) is 0.125. The highest BCUT2D eigenvalue weighted by Gasteiger charge is 2.29. The summed E-state index contributed by atoms with van der Waals surface area (Å²) in [5.41, 5.74) is 4.23. The summed E-state index contributed by atoms with van der Waals surface area (Å²) in [7, 11) is 0. The van der Waals surface area contributed by atoms with Crippen molar-refractivity contribution in [2.45, 2.75) is 13.0 Å². The van der Waals surface area contributed by atoms with Crippen LogP contribution in [0.1, 0.15) is 6.92 Å². The second kappa shape index (κ2) is 7.85. The lowest BCUT2D eigenvalue weighted by atomic mass is 10.1. The van der Waals surface area contributed by atoms with Crippen molar-refractivity contribution < 1.29 is 9.59 Å². The summed E-state index contributed by atoms with van der Waals surface area (Å²) in [4.78, 5) is 31.3. The Balaban J connectivity index is 1.32. The number of amides is 2. The fourth-order valence-electron chi connectivity index (χ4n) is 3.68. The predicted molar refractivity (Wildman–Crippen MR) is 126 cm³/mol. The number of rotatable bonds is 4. The van der Waals surface area contributed by atoms with Crippen LogP contribution in [0, 0.1) is 0 Å². The maximum absolute atomic E-state index is 13.1. The van der Waals surface area contributed by atoms with Gasteiger partial charge in [-0.3, -0.25) is 14.5 Å². The van der Waals surface area contributed by atoms with Crippen LogP contribution in [0.25, 0.3) is 20.8 Å². The Morgan fingerprint density at radius 3 is 2.61 bits per heavy atom. The van der Waals surface area contributed by atoms with E-state index >= 15 is 0 Å². The molecule has 0 saturated heterocycles. The lowest BCUT2D eigenvalue weighted by Gasteiger charge is -2.31. The summed E-state index contributed by atoms with van der Waals surface area (Å²) in [6, 6.07) is 22.8. The van der Waals surface area contributed by atoms with Crippen LogP contribution in [0.4, 0.5) is 17.1 Å². The number of aromatic nitrogens is 1. The van der Waals surface area contributed by atoms with Gasteiger partial charge in [0, 0.05) is 11.3 Å². The standard InChI is InChI=1S/C24H20N4O2S/c1-15(24(30)28-14-22(29)26-18-6-2-4-8-20(18)28)25-17-12-10-16(11-13-17)23-27-19-7-3-5-9-21(19)31-23/h2-13,15,25H,14H2,1H3,(H,26,29). The minimum absolute atomic E-state index is 0.0123. The first-order chi connectivity index (χ1) is 15.1. The number of carbonyl (C=O) groups excluding carboxylic acids is 2. The first-order valence-electron chi connectivity index (χ1n) is 10.0. The van der Waals surface area contributed by atoms with E-state index in [1.165, 1.54) is 4.90 Å². The second-order valence-corrected chi connectivity index (χ2v) is 8.45. The molecule has 2 heterocycles. The Hall–Kier alpha value is -3.71. The van der Waals surface area contributed by atoms with E-state index in [0.29, 0.717) is 11.4 Å². The van der Waals surface area contributed by atoms with Crippen molar-refractivity contribution in [2.75, 3.05) is 22.1 Å². The van der Waals surface area contributed by atoms with E-state index in [1.807, 2.05) is 60.7 Å². The molecular formula is C24H20N4O2S. The zero-order valence-electron chi connectivity index (χ0n) is 16.8. The molecule has 4 aromatic rings. The molecule has 5 rings (SSSR count). The summed E-state index contributed by atoms with van der Waals surface area (Å²) < 4.78 is 1.16. The van der Waals surface area contributed by atoms with Gasteiger partial charge in [0.05, 0.1) is 21.6 Å². The smallest absolute Gasteiger partial charge is 0.249 e. The average Bonchev–Trinajstić information content (AvgIpc) is 3.23. The van der Waals surface area contributed by atoms with Gasteiger partial charge in [0.1, 0.15) is 17.6 Å². The molecule has 1 aliphatic rings. The Labute approximate surface area is 183 Å². The molecule has 1 atom stereocenters. The van der Waals surface area contributed by atoms with Crippen LogP contribution in [0.2, 0.25) is 0 Å². The molecule has 7 heteroatoms. The monoisotopic (exact) mass is 428 g/mol. The van der Waals surface area contributed by atoms with Gasteiger partial charge in [-0.15, -0.1) is 11.3 Å². The highest BCUT2D eigenvalue weighted by Crippen LogP contribution is 2.31. The van der Waals surface area contributed by atoms with Crippen LogP contribution < -0.4 is 15.5 Å². The number of hydrogen-bond acceptors (Lipinski definition) is 5. The predicted octanol–water partition coefficient (Wildman–Crippen LogP) is 4.75. The third-order valence-electron chi connectivity index (χ3n) is 5.22. The van der Waals surface area contributed by atoms with Crippen molar-refractivity contribution in [2.24, 2.45) is 0 Å². The number of anilines is 3. The van der Waals surface area contributed by atoms with Crippen molar-refractivity contribution in [3.63, 3.8) is 0 Å². The number of benzene rings is 3. The molecule has 6 nitrogen and oxygen atoms in total. The first-order valence-corrected chi connectivity index (χ1v) is 10.8. The van der Waals surface area contributed by atoms with E-state index < -0.39 is 6.04 Å². The average molecular weight is 429 g/mol. The Morgan fingerprint density at radius 2 is 1.81 bits per heavy atom. The van der Waals surface area contributed by atoms with Crippen molar-refractivity contribution >= 4 is 50.4 Å². The van der Waals surface area contributed by atoms with Crippen molar-refractivity contribution in [1.82, 2.24) is 4.98 Å². The molecule has 0 aliphatic carbocycles. The van der Waals surface area contributed by atoms with Crippen LogP contribution in [-0.4, -0.2) is 29.4 Å². The molecule has 3 aromatic carbocycles. The van der Waals surface area contributed by atoms with Gasteiger partial charge in [0.2, 0.25) is 11.8 Å². The van der Waals surface area contributed by atoms with Crippen molar-refractivity contribution in [1.29, 1.82) is 0 Å². The number of thiazole rings is 1. The van der Waals surface area contributed by atoms with Gasteiger partial charge >= 0.3 is 0 Å². The van der Waals surface area contributed by atoms with E-state index in [-0.39, 0.29) is 18.4 Å². The number of nitrogens with one attached hydrogen (secondary N) is 2. The Kier molecular flexibility index (Phi) is 4.88. The molecule has 0 saturated carbocycles. The molecule has 2 N–H and O–H groups in total. The van der Waals surface area contributed by atoms with E-state index in [2.05, 4.69) is 16.7 Å². The van der Waals surface area contributed by atoms with E-state index in [0.717, 1.165) is 26.5 Å². The van der Waals surface area contributed by atoms with Crippen LogP contribution >= 0.6 is 11.3 Å². The largest absolute Gasteiger partial charge is 0.374 e. The summed E-state index contributed by atoms with van der Waals surface area (Å²) in [5, 5.41) is 7.02. The fourth-order valence-corrected chi connectivity index (χ4v) is 4.65. The molecule has 154 valence electrons. The number of para-hydroxylation sites is 3. The van der Waals surface area contributed by atoms with Crippen LogP contribution in [0.3, 0.4) is 0 Å². The summed E-state index contributed by atoms with van der Waals surface area (Å²) in [6.45, 7) is 1.82. The second-order valence-electron chi connectivity index (χ2n) is 7.42. The molecule has 0 radical (unpaired) electrons. The SMILES string of the molecule is CC(Nc1ccc(-c2nc3ccccc3s2)cc1)C(=O)N1CC(=O)Nc2ccccc21. The molecule has 2 amide bonds. The van der Waals surface area contributed by atoms with E-state index in [1.54, 1.807) is 24.3 Å². The van der Waals surface area contributed by atoms with Gasteiger partial charge in [-0.2, -0.15) is 0 Å². The molecule has 0 spiro atoms. The summed E-state index contributed by atoms with van der Waals surface area (Å²) >= 11 is 1.66. The van der Waals surface area contributed by atoms with Gasteiger partial charge < -0.3 is 10.6 Å². The zero-order valence-corrected chi connectivity index (χ0v) is 17.6. The third-order valence-corrected chi connectivity index (χ3v) is 6.30. The molecule has 0 bridgehead atoms. The number of fused-ring (bicyclic) bond motifs is 2. The van der Waals surface area contributed by atoms with Crippen LogP contribution in [-0.2, 0) is 9.59 Å². The quantitative estimate of drug-likeness (QED) is 0.492. The molecule has 1 unspecified atom stereocenters. The minimum atomic E-state index is -0.493. The molecule has 1 aromatic heterocycles. The molecule has 0 fully saturated rings. The molecular weight excluding hydrogens is 408 g/mol. The lowest BCUT2D eigenvalue weighted by Crippen LogP contribution is -2.47. The number of hydrogen-bond donors (Lipinski definition) is 2. The van der Waals surface area contributed by atoms with Gasteiger partial charge in [0.25, 0.3) is 0 Å². The van der Waals surface area contributed by atoms with Gasteiger partial charge in [-0.1, -0.05) is 24.3 Å². The van der Waals surface area contributed by atoms with E-state index in [9.17, 15) is 9.59 Å². The zero-order chi connectivity index (χ0) is 21.4. The van der Waals surface area contributed by atoms with Crippen LogP contribution in [0.15, 0.2) is 72.8 Å². The highest BCUT2D eigenvalue weighted by atomic mass is 32.1. The number of nitrogens with zero attached hydrogens (tertiary/aromatic N) is 2. The maximum Gasteiger partial charge on any atom is 0.249 e. The van der Waals surface area contributed by atoms with Crippen LogP contribution in [0.5, 0.6) is 0 Å². The summed E-state index contributed by atoms with van der Waals surface area (Å²) in [6.07, 6.45) is 0. The Bertz CT molecular complexity index is 1250. The maximum atomic E-state index is 13.1. The highest BCUT2D eigenvalue weighted by molar-refractivity contribution is 7.21. The molecule has 31 heavy (non-hydrogen) atoms. The minimum Gasteiger partial charge on any atom is -0.374 e. The van der Waals surface area contributed by atoms with E-state index in [4.69, 9.17) is 4.98 Å². The first kappa shape index (κ1) is 19.3.